The van der Waals surface area contributed by atoms with Crippen molar-refractivity contribution >= 4 is 34.5 Å². The Kier molecular flexibility index (Phi) is 6.37. The first-order chi connectivity index (χ1) is 16.0. The maximum atomic E-state index is 13.3. The van der Waals surface area contributed by atoms with E-state index in [1.54, 1.807) is 42.5 Å². The van der Waals surface area contributed by atoms with E-state index < -0.39 is 17.7 Å². The number of nitrogens with zero attached hydrogens (tertiary/aromatic N) is 1. The summed E-state index contributed by atoms with van der Waals surface area (Å²) in [6.45, 7) is 2.40. The predicted molar refractivity (Wildman–Crippen MR) is 126 cm³/mol. The second-order valence-electron chi connectivity index (χ2n) is 7.15. The van der Waals surface area contributed by atoms with Gasteiger partial charge in [-0.05, 0) is 54.8 Å². The highest BCUT2D eigenvalue weighted by Crippen LogP contribution is 2.46. The molecule has 4 rings (SSSR count). The molecule has 1 atom stereocenters. The predicted octanol–water partition coefficient (Wildman–Crippen LogP) is 4.79. The first kappa shape index (κ1) is 22.4. The second kappa shape index (κ2) is 9.38. The summed E-state index contributed by atoms with van der Waals surface area (Å²) in [5.74, 6) is -0.562. The fourth-order valence-electron chi connectivity index (χ4n) is 3.90. The van der Waals surface area contributed by atoms with Crippen LogP contribution in [0.25, 0.3) is 5.76 Å². The monoisotopic (exact) mass is 465 g/mol. The number of carbonyl (C=O) groups is 2. The number of thiophene rings is 1. The average Bonchev–Trinajstić information content (AvgIpc) is 3.46. The molecule has 1 fully saturated rings. The molecule has 1 N–H and O–H groups in total. The zero-order valence-corrected chi connectivity index (χ0v) is 19.2. The first-order valence-electron chi connectivity index (χ1n) is 10.3. The summed E-state index contributed by atoms with van der Waals surface area (Å²) >= 11 is 1.39. The van der Waals surface area contributed by atoms with Gasteiger partial charge in [-0.1, -0.05) is 12.1 Å². The fourth-order valence-corrected chi connectivity index (χ4v) is 4.73. The molecule has 8 heteroatoms. The lowest BCUT2D eigenvalue weighted by molar-refractivity contribution is -0.132. The lowest BCUT2D eigenvalue weighted by Crippen LogP contribution is -2.29. The number of benzene rings is 2. The Balaban J connectivity index is 1.92. The minimum Gasteiger partial charge on any atom is -0.506 e. The molecule has 2 aromatic carbocycles. The van der Waals surface area contributed by atoms with Crippen LogP contribution in [0.3, 0.4) is 0 Å². The Bertz CT molecular complexity index is 1180. The maximum absolute atomic E-state index is 13.3. The Labute approximate surface area is 195 Å². The molecule has 0 spiro atoms. The number of aliphatic hydroxyl groups excluding tert-OH is 1. The molecule has 0 saturated carbocycles. The quantitative estimate of drug-likeness (QED) is 0.307. The van der Waals surface area contributed by atoms with Crippen LogP contribution in [0.15, 0.2) is 65.6 Å². The molecular formula is C25H23NO6S. The van der Waals surface area contributed by atoms with Crippen molar-refractivity contribution in [2.24, 2.45) is 0 Å². The van der Waals surface area contributed by atoms with Crippen molar-refractivity contribution in [3.8, 4) is 17.2 Å². The number of methoxy groups -OCH3 is 2. The minimum absolute atomic E-state index is 0.0286. The van der Waals surface area contributed by atoms with E-state index in [-0.39, 0.29) is 16.9 Å². The van der Waals surface area contributed by atoms with Gasteiger partial charge < -0.3 is 19.3 Å². The summed E-state index contributed by atoms with van der Waals surface area (Å²) < 4.78 is 16.3. The molecular weight excluding hydrogens is 442 g/mol. The molecule has 1 aliphatic rings. The zero-order valence-electron chi connectivity index (χ0n) is 18.4. The molecule has 33 heavy (non-hydrogen) atoms. The van der Waals surface area contributed by atoms with E-state index >= 15 is 0 Å². The molecule has 2 heterocycles. The van der Waals surface area contributed by atoms with Crippen molar-refractivity contribution in [2.45, 2.75) is 13.0 Å². The zero-order chi connectivity index (χ0) is 23.5. The Morgan fingerprint density at radius 1 is 1.00 bits per heavy atom. The van der Waals surface area contributed by atoms with Crippen molar-refractivity contribution in [1.82, 2.24) is 0 Å². The molecule has 1 saturated heterocycles. The van der Waals surface area contributed by atoms with Crippen LogP contribution in [0.5, 0.6) is 17.2 Å². The van der Waals surface area contributed by atoms with Crippen LogP contribution in [0, 0.1) is 0 Å². The lowest BCUT2D eigenvalue weighted by Gasteiger charge is -2.24. The van der Waals surface area contributed by atoms with E-state index in [2.05, 4.69) is 0 Å². The van der Waals surface area contributed by atoms with Crippen molar-refractivity contribution in [1.29, 1.82) is 0 Å². The van der Waals surface area contributed by atoms with Gasteiger partial charge >= 0.3 is 0 Å². The van der Waals surface area contributed by atoms with Gasteiger partial charge in [0.1, 0.15) is 34.6 Å². The molecule has 1 unspecified atom stereocenters. The van der Waals surface area contributed by atoms with E-state index in [4.69, 9.17) is 14.2 Å². The maximum Gasteiger partial charge on any atom is 0.300 e. The number of Topliss-reactive ketones (excluding diaryl/α,β-unsaturated/α-hetero) is 1. The normalized spacial score (nSPS) is 17.3. The van der Waals surface area contributed by atoms with E-state index in [1.165, 1.54) is 30.5 Å². The number of ether oxygens (including phenoxy) is 3. The third-order valence-corrected chi connectivity index (χ3v) is 6.27. The SMILES string of the molecule is CCOc1ccc(N2C(=O)C(=O)/C(=C(/O)c3c(OC)cccc3OC)C2c2cccs2)cc1. The van der Waals surface area contributed by atoms with Gasteiger partial charge in [-0.25, -0.2) is 0 Å². The highest BCUT2D eigenvalue weighted by atomic mass is 32.1. The molecule has 7 nitrogen and oxygen atoms in total. The summed E-state index contributed by atoms with van der Waals surface area (Å²) in [6.07, 6.45) is 0. The lowest BCUT2D eigenvalue weighted by atomic mass is 9.98. The Hall–Kier alpha value is -3.78. The average molecular weight is 466 g/mol. The highest BCUT2D eigenvalue weighted by Gasteiger charge is 2.48. The van der Waals surface area contributed by atoms with Crippen LogP contribution in [0.1, 0.15) is 23.4 Å². The van der Waals surface area contributed by atoms with Crippen LogP contribution in [0.2, 0.25) is 0 Å². The standard InChI is InChI=1S/C25H23NO6S/c1-4-32-16-12-10-15(11-13-16)26-22(19-9-6-14-33-19)21(24(28)25(26)29)23(27)20-17(30-2)7-5-8-18(20)31-3/h5-14,22,27H,4H2,1-3H3/b23-21+. The number of aliphatic hydroxyl groups is 1. The molecule has 1 aromatic heterocycles. The highest BCUT2D eigenvalue weighted by molar-refractivity contribution is 7.10. The van der Waals surface area contributed by atoms with Crippen molar-refractivity contribution in [3.63, 3.8) is 0 Å². The molecule has 1 amide bonds. The van der Waals surface area contributed by atoms with Crippen LogP contribution in [0.4, 0.5) is 5.69 Å². The minimum atomic E-state index is -0.808. The number of hydrogen-bond donors (Lipinski definition) is 1. The Morgan fingerprint density at radius 2 is 1.67 bits per heavy atom. The van der Waals surface area contributed by atoms with Crippen LogP contribution in [-0.4, -0.2) is 37.6 Å². The van der Waals surface area contributed by atoms with E-state index in [0.29, 0.717) is 29.5 Å². The molecule has 0 radical (unpaired) electrons. The van der Waals surface area contributed by atoms with Crippen molar-refractivity contribution < 1.29 is 28.9 Å². The van der Waals surface area contributed by atoms with Gasteiger partial charge in [-0.15, -0.1) is 11.3 Å². The first-order valence-corrected chi connectivity index (χ1v) is 11.2. The number of carbonyl (C=O) groups excluding carboxylic acids is 2. The van der Waals surface area contributed by atoms with Crippen molar-refractivity contribution in [3.05, 3.63) is 76.0 Å². The van der Waals surface area contributed by atoms with E-state index in [0.717, 1.165) is 4.88 Å². The smallest absolute Gasteiger partial charge is 0.300 e. The summed E-state index contributed by atoms with van der Waals surface area (Å²) in [5, 5.41) is 13.2. The summed E-state index contributed by atoms with van der Waals surface area (Å²) in [4.78, 5) is 28.6. The largest absolute Gasteiger partial charge is 0.506 e. The fraction of sp³-hybridized carbons (Fsp3) is 0.200. The van der Waals surface area contributed by atoms with E-state index in [9.17, 15) is 14.7 Å². The molecule has 0 aliphatic carbocycles. The number of rotatable bonds is 7. The van der Waals surface area contributed by atoms with Gasteiger partial charge in [0.2, 0.25) is 0 Å². The van der Waals surface area contributed by atoms with Gasteiger partial charge in [0.05, 0.1) is 26.4 Å². The van der Waals surface area contributed by atoms with E-state index in [1.807, 2.05) is 24.4 Å². The number of hydrogen-bond acceptors (Lipinski definition) is 7. The summed E-state index contributed by atoms with van der Waals surface area (Å²) in [7, 11) is 2.92. The number of anilines is 1. The number of amides is 1. The van der Waals surface area contributed by atoms with Gasteiger partial charge in [0.25, 0.3) is 11.7 Å². The third kappa shape index (κ3) is 3.93. The van der Waals surface area contributed by atoms with Gasteiger partial charge in [0, 0.05) is 10.6 Å². The summed E-state index contributed by atoms with van der Waals surface area (Å²) in [6, 6.07) is 14.8. The van der Waals surface area contributed by atoms with Crippen molar-refractivity contribution in [2.75, 3.05) is 25.7 Å². The topological polar surface area (TPSA) is 85.3 Å². The van der Waals surface area contributed by atoms with Gasteiger partial charge in [-0.2, -0.15) is 0 Å². The summed E-state index contributed by atoms with van der Waals surface area (Å²) in [5.41, 5.74) is 0.706. The molecule has 0 bridgehead atoms. The van der Waals surface area contributed by atoms with Crippen LogP contribution in [-0.2, 0) is 9.59 Å². The molecule has 170 valence electrons. The van der Waals surface area contributed by atoms with Crippen LogP contribution < -0.4 is 19.1 Å². The van der Waals surface area contributed by atoms with Crippen LogP contribution >= 0.6 is 11.3 Å². The number of ketones is 1. The molecule has 1 aliphatic heterocycles. The van der Waals surface area contributed by atoms with Gasteiger partial charge in [-0.3, -0.25) is 14.5 Å². The third-order valence-electron chi connectivity index (χ3n) is 5.35. The second-order valence-corrected chi connectivity index (χ2v) is 8.13. The molecule has 3 aromatic rings. The Morgan fingerprint density at radius 3 is 2.21 bits per heavy atom. The van der Waals surface area contributed by atoms with Gasteiger partial charge in [0.15, 0.2) is 0 Å².